The van der Waals surface area contributed by atoms with Crippen LogP contribution in [0.5, 0.6) is 0 Å². The summed E-state index contributed by atoms with van der Waals surface area (Å²) in [6.45, 7) is 3.96. The van der Waals surface area contributed by atoms with Crippen molar-refractivity contribution in [1.29, 1.82) is 0 Å². The Hall–Kier alpha value is -3.42. The molecule has 2 unspecified atom stereocenters. The Morgan fingerprint density at radius 2 is 1.84 bits per heavy atom. The number of H-pyrrole nitrogens is 1. The van der Waals surface area contributed by atoms with E-state index in [0.29, 0.717) is 23.2 Å². The van der Waals surface area contributed by atoms with Crippen molar-refractivity contribution in [2.45, 2.75) is 39.2 Å². The van der Waals surface area contributed by atoms with Crippen molar-refractivity contribution in [3.05, 3.63) is 53.6 Å². The standard InChI is InChI=1S/C24H28N6O2/c1-13-20(14(2)29-28-13)15-7-9-16(10-8-15)26-24(32)22(21-17-5-4-6-18(17)21)27-23(31)19-11-12-25-30(19)3/h7-12,17-18,21-22H,4-6H2,1-3H3,(H,26,32)(H,27,31)(H,28,29)/t17?,18?,21?,22-/m0/s1. The lowest BCUT2D eigenvalue weighted by Crippen LogP contribution is -2.46. The lowest BCUT2D eigenvalue weighted by atomic mass is 10.0. The molecule has 2 saturated carbocycles. The van der Waals surface area contributed by atoms with Crippen LogP contribution >= 0.6 is 0 Å². The maximum absolute atomic E-state index is 13.3. The van der Waals surface area contributed by atoms with E-state index in [0.717, 1.165) is 35.4 Å². The summed E-state index contributed by atoms with van der Waals surface area (Å²) in [6.07, 6.45) is 5.07. The third-order valence-electron chi connectivity index (χ3n) is 7.05. The number of fused-ring (bicyclic) bond motifs is 1. The Morgan fingerprint density at radius 1 is 1.12 bits per heavy atom. The highest BCUT2D eigenvalue weighted by atomic mass is 16.2. The molecule has 3 N–H and O–H groups in total. The highest BCUT2D eigenvalue weighted by Gasteiger charge is 2.58. The number of aromatic amines is 1. The summed E-state index contributed by atoms with van der Waals surface area (Å²) in [4.78, 5) is 26.1. The van der Waals surface area contributed by atoms with Gasteiger partial charge in [-0.1, -0.05) is 18.6 Å². The molecule has 0 aliphatic heterocycles. The molecular formula is C24H28N6O2. The predicted octanol–water partition coefficient (Wildman–Crippen LogP) is 3.21. The van der Waals surface area contributed by atoms with E-state index in [-0.39, 0.29) is 17.7 Å². The molecule has 2 aromatic heterocycles. The predicted molar refractivity (Wildman–Crippen MR) is 121 cm³/mol. The first kappa shape index (κ1) is 20.5. The summed E-state index contributed by atoms with van der Waals surface area (Å²) in [5, 5.41) is 17.3. The highest BCUT2D eigenvalue weighted by Crippen LogP contribution is 2.59. The number of benzene rings is 1. The van der Waals surface area contributed by atoms with Gasteiger partial charge in [0.05, 0.1) is 5.69 Å². The van der Waals surface area contributed by atoms with Gasteiger partial charge in [-0.3, -0.25) is 19.4 Å². The number of nitrogens with zero attached hydrogens (tertiary/aromatic N) is 3. The number of amides is 2. The first-order valence-corrected chi connectivity index (χ1v) is 11.2. The van der Waals surface area contributed by atoms with E-state index in [1.54, 1.807) is 19.3 Å². The molecule has 0 radical (unpaired) electrons. The van der Waals surface area contributed by atoms with Gasteiger partial charge in [-0.25, -0.2) is 0 Å². The quantitative estimate of drug-likeness (QED) is 0.556. The molecule has 2 heterocycles. The zero-order valence-corrected chi connectivity index (χ0v) is 18.6. The molecule has 8 nitrogen and oxygen atoms in total. The fourth-order valence-corrected chi connectivity index (χ4v) is 5.44. The van der Waals surface area contributed by atoms with E-state index < -0.39 is 6.04 Å². The summed E-state index contributed by atoms with van der Waals surface area (Å²) in [5.74, 6) is 0.843. The van der Waals surface area contributed by atoms with Crippen molar-refractivity contribution in [3.63, 3.8) is 0 Å². The van der Waals surface area contributed by atoms with Crippen molar-refractivity contribution in [2.75, 3.05) is 5.32 Å². The van der Waals surface area contributed by atoms with Gasteiger partial charge in [-0.05, 0) is 68.2 Å². The Labute approximate surface area is 186 Å². The molecule has 2 aliphatic carbocycles. The molecule has 166 valence electrons. The fraction of sp³-hybridized carbons (Fsp3) is 0.417. The van der Waals surface area contributed by atoms with Crippen LogP contribution < -0.4 is 10.6 Å². The fourth-order valence-electron chi connectivity index (χ4n) is 5.44. The van der Waals surface area contributed by atoms with Crippen LogP contribution in [0.15, 0.2) is 36.5 Å². The second-order valence-electron chi connectivity index (χ2n) is 9.00. The molecule has 3 aromatic rings. The second-order valence-corrected chi connectivity index (χ2v) is 9.00. The zero-order valence-electron chi connectivity index (χ0n) is 18.6. The van der Waals surface area contributed by atoms with Crippen LogP contribution in [-0.4, -0.2) is 37.8 Å². The van der Waals surface area contributed by atoms with E-state index in [9.17, 15) is 9.59 Å². The number of anilines is 1. The average Bonchev–Trinajstić information content (AvgIpc) is 3.17. The Bertz CT molecular complexity index is 1130. The van der Waals surface area contributed by atoms with Crippen LogP contribution in [0.3, 0.4) is 0 Å². The van der Waals surface area contributed by atoms with Crippen molar-refractivity contribution in [3.8, 4) is 11.1 Å². The Morgan fingerprint density at radius 3 is 2.44 bits per heavy atom. The van der Waals surface area contributed by atoms with Gasteiger partial charge in [0, 0.05) is 30.2 Å². The molecule has 3 atom stereocenters. The van der Waals surface area contributed by atoms with Crippen molar-refractivity contribution in [2.24, 2.45) is 24.8 Å². The van der Waals surface area contributed by atoms with Crippen LogP contribution in [0.4, 0.5) is 5.69 Å². The monoisotopic (exact) mass is 432 g/mol. The number of hydrogen-bond donors (Lipinski definition) is 3. The summed E-state index contributed by atoms with van der Waals surface area (Å²) in [5.41, 5.74) is 5.24. The van der Waals surface area contributed by atoms with Crippen LogP contribution in [0.25, 0.3) is 11.1 Å². The van der Waals surface area contributed by atoms with Gasteiger partial charge < -0.3 is 10.6 Å². The van der Waals surface area contributed by atoms with E-state index in [4.69, 9.17) is 0 Å². The molecule has 8 heteroatoms. The van der Waals surface area contributed by atoms with Gasteiger partial charge in [-0.15, -0.1) is 0 Å². The number of aryl methyl sites for hydroxylation is 3. The molecule has 2 fully saturated rings. The summed E-state index contributed by atoms with van der Waals surface area (Å²) < 4.78 is 1.52. The van der Waals surface area contributed by atoms with Crippen molar-refractivity contribution >= 4 is 17.5 Å². The topological polar surface area (TPSA) is 105 Å². The minimum atomic E-state index is -0.550. The van der Waals surface area contributed by atoms with Gasteiger partial charge >= 0.3 is 0 Å². The minimum Gasteiger partial charge on any atom is -0.339 e. The lowest BCUT2D eigenvalue weighted by Gasteiger charge is -2.20. The van der Waals surface area contributed by atoms with Crippen molar-refractivity contribution in [1.82, 2.24) is 25.3 Å². The third-order valence-corrected chi connectivity index (χ3v) is 7.05. The summed E-state index contributed by atoms with van der Waals surface area (Å²) in [7, 11) is 1.72. The van der Waals surface area contributed by atoms with Gasteiger partial charge in [0.2, 0.25) is 5.91 Å². The Balaban J connectivity index is 1.32. The zero-order chi connectivity index (χ0) is 22.4. The molecule has 0 spiro atoms. The normalized spacial score (nSPS) is 22.3. The maximum atomic E-state index is 13.3. The smallest absolute Gasteiger partial charge is 0.270 e. The molecular weight excluding hydrogens is 404 g/mol. The van der Waals surface area contributed by atoms with Crippen LogP contribution in [0.1, 0.15) is 41.1 Å². The molecule has 5 rings (SSSR count). The SMILES string of the molecule is Cc1n[nH]c(C)c1-c1ccc(NC(=O)[C@@H](NC(=O)c2ccnn2C)C2C3CCCC32)cc1. The second kappa shape index (κ2) is 7.93. The van der Waals surface area contributed by atoms with E-state index in [2.05, 4.69) is 25.9 Å². The first-order valence-electron chi connectivity index (χ1n) is 11.2. The first-order chi connectivity index (χ1) is 15.4. The number of hydrogen-bond acceptors (Lipinski definition) is 4. The summed E-state index contributed by atoms with van der Waals surface area (Å²) >= 11 is 0. The highest BCUT2D eigenvalue weighted by molar-refractivity contribution is 6.01. The molecule has 2 aliphatic rings. The van der Waals surface area contributed by atoms with Crippen LogP contribution in [-0.2, 0) is 11.8 Å². The van der Waals surface area contributed by atoms with Crippen LogP contribution in [0, 0.1) is 31.6 Å². The number of rotatable bonds is 6. The number of carbonyl (C=O) groups excluding carboxylic acids is 2. The number of aromatic nitrogens is 4. The minimum absolute atomic E-state index is 0.164. The van der Waals surface area contributed by atoms with Gasteiger partial charge in [-0.2, -0.15) is 10.2 Å². The molecule has 0 saturated heterocycles. The van der Waals surface area contributed by atoms with E-state index >= 15 is 0 Å². The maximum Gasteiger partial charge on any atom is 0.270 e. The molecule has 1 aromatic carbocycles. The Kier molecular flexibility index (Phi) is 5.07. The summed E-state index contributed by atoms with van der Waals surface area (Å²) in [6, 6.07) is 8.87. The largest absolute Gasteiger partial charge is 0.339 e. The number of nitrogens with one attached hydrogen (secondary N) is 3. The van der Waals surface area contributed by atoms with E-state index in [1.807, 2.05) is 38.1 Å². The molecule has 32 heavy (non-hydrogen) atoms. The van der Waals surface area contributed by atoms with Crippen molar-refractivity contribution < 1.29 is 9.59 Å². The molecule has 0 bridgehead atoms. The van der Waals surface area contributed by atoms with Gasteiger partial charge in [0.1, 0.15) is 11.7 Å². The van der Waals surface area contributed by atoms with Gasteiger partial charge in [0.15, 0.2) is 0 Å². The number of carbonyl (C=O) groups is 2. The van der Waals surface area contributed by atoms with E-state index in [1.165, 1.54) is 11.1 Å². The van der Waals surface area contributed by atoms with Crippen LogP contribution in [0.2, 0.25) is 0 Å². The average molecular weight is 433 g/mol. The molecule has 2 amide bonds. The van der Waals surface area contributed by atoms with Gasteiger partial charge in [0.25, 0.3) is 5.91 Å². The third kappa shape index (κ3) is 3.59. The lowest BCUT2D eigenvalue weighted by molar-refractivity contribution is -0.118.